The van der Waals surface area contributed by atoms with Gasteiger partial charge >= 0.3 is 0 Å². The molecule has 1 aliphatic carbocycles. The van der Waals surface area contributed by atoms with Gasteiger partial charge in [0.2, 0.25) is 0 Å². The van der Waals surface area contributed by atoms with Crippen molar-refractivity contribution in [1.29, 1.82) is 0 Å². The van der Waals surface area contributed by atoms with Gasteiger partial charge in [0.15, 0.2) is 0 Å². The SMILES string of the molecule is CCCCC(CC)C(CCC1CC1)NCC. The summed E-state index contributed by atoms with van der Waals surface area (Å²) in [5.41, 5.74) is 0. The average Bonchev–Trinajstić information content (AvgIpc) is 3.10. The molecule has 0 spiro atoms. The van der Waals surface area contributed by atoms with Crippen molar-refractivity contribution < 1.29 is 0 Å². The van der Waals surface area contributed by atoms with Crippen LogP contribution in [0.15, 0.2) is 0 Å². The van der Waals surface area contributed by atoms with Crippen LogP contribution in [0.4, 0.5) is 0 Å². The van der Waals surface area contributed by atoms with Gasteiger partial charge < -0.3 is 5.32 Å². The highest BCUT2D eigenvalue weighted by molar-refractivity contribution is 4.80. The molecule has 0 aromatic heterocycles. The van der Waals surface area contributed by atoms with Gasteiger partial charge in [-0.2, -0.15) is 0 Å². The van der Waals surface area contributed by atoms with E-state index in [1.807, 2.05) is 0 Å². The van der Waals surface area contributed by atoms with E-state index in [-0.39, 0.29) is 0 Å². The Morgan fingerprint density at radius 1 is 1.12 bits per heavy atom. The van der Waals surface area contributed by atoms with E-state index in [4.69, 9.17) is 0 Å². The molecule has 1 rings (SSSR count). The molecule has 0 heterocycles. The molecule has 1 N–H and O–H groups in total. The smallest absolute Gasteiger partial charge is 0.00952 e. The molecule has 0 bridgehead atoms. The quantitative estimate of drug-likeness (QED) is 0.582. The van der Waals surface area contributed by atoms with E-state index in [0.717, 1.165) is 24.4 Å². The zero-order chi connectivity index (χ0) is 11.8. The minimum Gasteiger partial charge on any atom is -0.314 e. The van der Waals surface area contributed by atoms with Crippen LogP contribution in [-0.2, 0) is 0 Å². The first-order valence-corrected chi connectivity index (χ1v) is 7.55. The molecule has 0 amide bonds. The lowest BCUT2D eigenvalue weighted by Crippen LogP contribution is -2.36. The van der Waals surface area contributed by atoms with Crippen LogP contribution in [-0.4, -0.2) is 12.6 Å². The molecule has 16 heavy (non-hydrogen) atoms. The maximum Gasteiger partial charge on any atom is 0.00952 e. The fourth-order valence-corrected chi connectivity index (χ4v) is 2.74. The highest BCUT2D eigenvalue weighted by atomic mass is 14.9. The van der Waals surface area contributed by atoms with Gasteiger partial charge in [-0.25, -0.2) is 0 Å². The largest absolute Gasteiger partial charge is 0.314 e. The molecule has 0 radical (unpaired) electrons. The summed E-state index contributed by atoms with van der Waals surface area (Å²) in [7, 11) is 0. The predicted molar refractivity (Wildman–Crippen MR) is 72.7 cm³/mol. The van der Waals surface area contributed by atoms with E-state index in [9.17, 15) is 0 Å². The third-order valence-electron chi connectivity index (χ3n) is 4.07. The van der Waals surface area contributed by atoms with Gasteiger partial charge in [0.25, 0.3) is 0 Å². The number of hydrogen-bond donors (Lipinski definition) is 1. The van der Waals surface area contributed by atoms with E-state index in [2.05, 4.69) is 26.1 Å². The summed E-state index contributed by atoms with van der Waals surface area (Å²) in [5.74, 6) is 2.00. The second-order valence-corrected chi connectivity index (χ2v) is 5.50. The molecule has 1 nitrogen and oxygen atoms in total. The zero-order valence-corrected chi connectivity index (χ0v) is 11.6. The Kier molecular flexibility index (Phi) is 7.11. The van der Waals surface area contributed by atoms with Crippen molar-refractivity contribution >= 4 is 0 Å². The zero-order valence-electron chi connectivity index (χ0n) is 11.6. The Labute approximate surface area is 102 Å². The number of unbranched alkanes of at least 4 members (excludes halogenated alkanes) is 1. The van der Waals surface area contributed by atoms with Crippen LogP contribution < -0.4 is 5.32 Å². The second kappa shape index (κ2) is 8.11. The molecule has 1 saturated carbocycles. The first-order valence-electron chi connectivity index (χ1n) is 7.55. The second-order valence-electron chi connectivity index (χ2n) is 5.50. The lowest BCUT2D eigenvalue weighted by atomic mass is 9.88. The van der Waals surface area contributed by atoms with Crippen LogP contribution in [0.3, 0.4) is 0 Å². The normalized spacial score (nSPS) is 19.7. The van der Waals surface area contributed by atoms with Gasteiger partial charge in [0.05, 0.1) is 0 Å². The monoisotopic (exact) mass is 225 g/mol. The van der Waals surface area contributed by atoms with E-state index in [0.29, 0.717) is 0 Å². The Morgan fingerprint density at radius 3 is 2.38 bits per heavy atom. The number of hydrogen-bond acceptors (Lipinski definition) is 1. The standard InChI is InChI=1S/C15H31N/c1-4-7-8-14(5-2)15(16-6-3)12-11-13-9-10-13/h13-16H,4-12H2,1-3H3. The molecule has 0 aromatic rings. The van der Waals surface area contributed by atoms with E-state index in [1.54, 1.807) is 0 Å². The fourth-order valence-electron chi connectivity index (χ4n) is 2.74. The van der Waals surface area contributed by atoms with Gasteiger partial charge in [0.1, 0.15) is 0 Å². The van der Waals surface area contributed by atoms with E-state index < -0.39 is 0 Å². The topological polar surface area (TPSA) is 12.0 Å². The van der Waals surface area contributed by atoms with Gasteiger partial charge in [-0.05, 0) is 37.6 Å². The Morgan fingerprint density at radius 2 is 1.88 bits per heavy atom. The van der Waals surface area contributed by atoms with Crippen molar-refractivity contribution in [3.63, 3.8) is 0 Å². The van der Waals surface area contributed by atoms with Crippen LogP contribution in [0.5, 0.6) is 0 Å². The molecule has 2 atom stereocenters. The average molecular weight is 225 g/mol. The van der Waals surface area contributed by atoms with Crippen LogP contribution in [0.1, 0.15) is 72.1 Å². The minimum absolute atomic E-state index is 0.794. The maximum absolute atomic E-state index is 3.73. The third-order valence-corrected chi connectivity index (χ3v) is 4.07. The molecular weight excluding hydrogens is 194 g/mol. The maximum atomic E-state index is 3.73. The van der Waals surface area contributed by atoms with Crippen molar-refractivity contribution in [2.75, 3.05) is 6.54 Å². The Hall–Kier alpha value is -0.0400. The van der Waals surface area contributed by atoms with Crippen molar-refractivity contribution in [3.05, 3.63) is 0 Å². The van der Waals surface area contributed by atoms with Crippen molar-refractivity contribution in [2.45, 2.75) is 78.2 Å². The number of rotatable bonds is 10. The highest BCUT2D eigenvalue weighted by Gasteiger charge is 2.25. The summed E-state index contributed by atoms with van der Waals surface area (Å²) in [6, 6.07) is 0.794. The van der Waals surface area contributed by atoms with E-state index in [1.165, 1.54) is 51.4 Å². The van der Waals surface area contributed by atoms with Crippen molar-refractivity contribution in [1.82, 2.24) is 5.32 Å². The van der Waals surface area contributed by atoms with Gasteiger partial charge in [-0.1, -0.05) is 52.9 Å². The van der Waals surface area contributed by atoms with Crippen LogP contribution >= 0.6 is 0 Å². The molecule has 0 aromatic carbocycles. The lowest BCUT2D eigenvalue weighted by molar-refractivity contribution is 0.298. The summed E-state index contributed by atoms with van der Waals surface area (Å²) in [4.78, 5) is 0. The molecule has 1 heteroatoms. The van der Waals surface area contributed by atoms with Crippen molar-refractivity contribution in [3.8, 4) is 0 Å². The molecule has 1 aliphatic rings. The molecule has 0 saturated heterocycles. The Balaban J connectivity index is 2.29. The fraction of sp³-hybridized carbons (Fsp3) is 1.00. The van der Waals surface area contributed by atoms with Gasteiger partial charge in [-0.15, -0.1) is 0 Å². The molecular formula is C15H31N. The summed E-state index contributed by atoms with van der Waals surface area (Å²) in [6.07, 6.45) is 11.4. The van der Waals surface area contributed by atoms with E-state index >= 15 is 0 Å². The van der Waals surface area contributed by atoms with Gasteiger partial charge in [-0.3, -0.25) is 0 Å². The molecule has 96 valence electrons. The number of nitrogens with one attached hydrogen (secondary N) is 1. The van der Waals surface area contributed by atoms with Gasteiger partial charge in [0, 0.05) is 6.04 Å². The van der Waals surface area contributed by atoms with Crippen LogP contribution in [0.2, 0.25) is 0 Å². The molecule has 2 unspecified atom stereocenters. The summed E-state index contributed by atoms with van der Waals surface area (Å²) in [5, 5.41) is 3.73. The first-order chi connectivity index (χ1) is 7.81. The molecule has 0 aliphatic heterocycles. The predicted octanol–water partition coefficient (Wildman–Crippen LogP) is 4.37. The minimum atomic E-state index is 0.794. The lowest BCUT2D eigenvalue weighted by Gasteiger charge is -2.27. The summed E-state index contributed by atoms with van der Waals surface area (Å²) < 4.78 is 0. The first kappa shape index (κ1) is 14.0. The summed E-state index contributed by atoms with van der Waals surface area (Å²) >= 11 is 0. The third kappa shape index (κ3) is 5.34. The highest BCUT2D eigenvalue weighted by Crippen LogP contribution is 2.35. The molecule has 1 fully saturated rings. The van der Waals surface area contributed by atoms with Crippen LogP contribution in [0.25, 0.3) is 0 Å². The van der Waals surface area contributed by atoms with Crippen LogP contribution in [0, 0.1) is 11.8 Å². The van der Waals surface area contributed by atoms with Crippen molar-refractivity contribution in [2.24, 2.45) is 11.8 Å². The Bertz CT molecular complexity index is 163. The summed E-state index contributed by atoms with van der Waals surface area (Å²) in [6.45, 7) is 8.05.